The van der Waals surface area contributed by atoms with Crippen molar-refractivity contribution in [2.45, 2.75) is 57.6 Å². The molecule has 1 fully saturated rings. The lowest BCUT2D eigenvalue weighted by atomic mass is 9.96. The smallest absolute Gasteiger partial charge is 0.251 e. The molecule has 1 amide bonds. The highest BCUT2D eigenvalue weighted by molar-refractivity contribution is 7.07. The van der Waals surface area contributed by atoms with Crippen LogP contribution in [-0.2, 0) is 6.61 Å². The second-order valence-corrected chi connectivity index (χ2v) is 7.03. The molecule has 0 atom stereocenters. The van der Waals surface area contributed by atoms with Gasteiger partial charge in [0, 0.05) is 17.0 Å². The van der Waals surface area contributed by atoms with Crippen LogP contribution >= 0.6 is 11.3 Å². The SMILES string of the molecule is O=C(NC1CCCCCCC1)c1cccc(OCc2cscn2)c1. The third kappa shape index (κ3) is 5.06. The first-order valence-electron chi connectivity index (χ1n) is 8.72. The molecule has 1 aliphatic rings. The molecule has 24 heavy (non-hydrogen) atoms. The van der Waals surface area contributed by atoms with E-state index in [2.05, 4.69) is 10.3 Å². The lowest BCUT2D eigenvalue weighted by Crippen LogP contribution is -2.35. The number of amides is 1. The van der Waals surface area contributed by atoms with Crippen molar-refractivity contribution >= 4 is 17.2 Å². The molecule has 5 heteroatoms. The molecule has 1 N–H and O–H groups in total. The van der Waals surface area contributed by atoms with E-state index in [-0.39, 0.29) is 5.91 Å². The van der Waals surface area contributed by atoms with Crippen molar-refractivity contribution < 1.29 is 9.53 Å². The number of ether oxygens (including phenoxy) is 1. The van der Waals surface area contributed by atoms with E-state index in [0.717, 1.165) is 18.5 Å². The zero-order chi connectivity index (χ0) is 16.6. The minimum Gasteiger partial charge on any atom is -0.487 e. The summed E-state index contributed by atoms with van der Waals surface area (Å²) in [4.78, 5) is 16.7. The molecule has 0 spiro atoms. The van der Waals surface area contributed by atoms with Crippen LogP contribution < -0.4 is 10.1 Å². The number of nitrogens with one attached hydrogen (secondary N) is 1. The summed E-state index contributed by atoms with van der Waals surface area (Å²) in [6.07, 6.45) is 8.50. The first-order chi connectivity index (χ1) is 11.8. The Morgan fingerprint density at radius 1 is 1.21 bits per heavy atom. The molecule has 1 heterocycles. The molecule has 2 aromatic rings. The van der Waals surface area contributed by atoms with Gasteiger partial charge in [-0.3, -0.25) is 4.79 Å². The van der Waals surface area contributed by atoms with Gasteiger partial charge in [-0.15, -0.1) is 11.3 Å². The number of hydrogen-bond acceptors (Lipinski definition) is 4. The van der Waals surface area contributed by atoms with E-state index in [0.29, 0.717) is 24.0 Å². The summed E-state index contributed by atoms with van der Waals surface area (Å²) in [5.41, 5.74) is 3.36. The zero-order valence-electron chi connectivity index (χ0n) is 13.9. The van der Waals surface area contributed by atoms with Gasteiger partial charge < -0.3 is 10.1 Å². The number of aromatic nitrogens is 1. The van der Waals surface area contributed by atoms with Crippen molar-refractivity contribution in [1.82, 2.24) is 10.3 Å². The summed E-state index contributed by atoms with van der Waals surface area (Å²) in [5, 5.41) is 5.16. The Balaban J connectivity index is 1.56. The predicted molar refractivity (Wildman–Crippen MR) is 96.5 cm³/mol. The number of thiazole rings is 1. The van der Waals surface area contributed by atoms with Gasteiger partial charge in [-0.2, -0.15) is 0 Å². The Labute approximate surface area is 147 Å². The molecule has 1 aromatic carbocycles. The fourth-order valence-corrected chi connectivity index (χ4v) is 3.61. The van der Waals surface area contributed by atoms with Crippen molar-refractivity contribution in [1.29, 1.82) is 0 Å². The van der Waals surface area contributed by atoms with Gasteiger partial charge >= 0.3 is 0 Å². The molecule has 1 aliphatic carbocycles. The Bertz CT molecular complexity index is 635. The second-order valence-electron chi connectivity index (χ2n) is 6.31. The monoisotopic (exact) mass is 344 g/mol. The van der Waals surface area contributed by atoms with Crippen LogP contribution in [0.3, 0.4) is 0 Å². The van der Waals surface area contributed by atoms with Crippen LogP contribution in [0.5, 0.6) is 5.75 Å². The number of benzene rings is 1. The lowest BCUT2D eigenvalue weighted by Gasteiger charge is -2.21. The Hall–Kier alpha value is -1.88. The molecular weight excluding hydrogens is 320 g/mol. The molecular formula is C19H24N2O2S. The lowest BCUT2D eigenvalue weighted by molar-refractivity contribution is 0.0930. The highest BCUT2D eigenvalue weighted by atomic mass is 32.1. The molecule has 4 nitrogen and oxygen atoms in total. The summed E-state index contributed by atoms with van der Waals surface area (Å²) in [5.74, 6) is 0.702. The van der Waals surface area contributed by atoms with Gasteiger partial charge in [0.2, 0.25) is 0 Å². The quantitative estimate of drug-likeness (QED) is 0.865. The van der Waals surface area contributed by atoms with Crippen molar-refractivity contribution in [3.8, 4) is 5.75 Å². The number of rotatable bonds is 5. The Morgan fingerprint density at radius 3 is 2.75 bits per heavy atom. The zero-order valence-corrected chi connectivity index (χ0v) is 14.7. The van der Waals surface area contributed by atoms with Crippen LogP contribution in [0, 0.1) is 0 Å². The van der Waals surface area contributed by atoms with E-state index in [4.69, 9.17) is 4.74 Å². The molecule has 0 unspecified atom stereocenters. The van der Waals surface area contributed by atoms with Gasteiger partial charge in [-0.1, -0.05) is 38.2 Å². The third-order valence-corrected chi connectivity index (χ3v) is 5.04. The minimum absolute atomic E-state index is 0.000295. The van der Waals surface area contributed by atoms with Crippen molar-refractivity contribution in [3.63, 3.8) is 0 Å². The van der Waals surface area contributed by atoms with Crippen molar-refractivity contribution in [3.05, 3.63) is 46.4 Å². The van der Waals surface area contributed by atoms with E-state index < -0.39 is 0 Å². The largest absolute Gasteiger partial charge is 0.487 e. The van der Waals surface area contributed by atoms with Crippen molar-refractivity contribution in [2.75, 3.05) is 0 Å². The normalized spacial score (nSPS) is 16.2. The molecule has 128 valence electrons. The van der Waals surface area contributed by atoms with E-state index >= 15 is 0 Å². The van der Waals surface area contributed by atoms with Crippen molar-refractivity contribution in [2.24, 2.45) is 0 Å². The Morgan fingerprint density at radius 2 is 2.00 bits per heavy atom. The second kappa shape index (κ2) is 8.83. The third-order valence-electron chi connectivity index (χ3n) is 4.41. The average Bonchev–Trinajstić information content (AvgIpc) is 3.09. The van der Waals surface area contributed by atoms with Gasteiger partial charge in [-0.25, -0.2) is 4.98 Å². The summed E-state index contributed by atoms with van der Waals surface area (Å²) in [6.45, 7) is 0.428. The van der Waals surface area contributed by atoms with Gasteiger partial charge in [0.05, 0.1) is 11.2 Å². The molecule has 0 aliphatic heterocycles. The van der Waals surface area contributed by atoms with E-state index in [1.165, 1.54) is 32.1 Å². The molecule has 3 rings (SSSR count). The summed E-state index contributed by atoms with van der Waals surface area (Å²) in [6, 6.07) is 7.69. The maximum atomic E-state index is 12.5. The van der Waals surface area contributed by atoms with E-state index in [1.54, 1.807) is 16.8 Å². The molecule has 1 aromatic heterocycles. The first-order valence-corrected chi connectivity index (χ1v) is 9.66. The summed E-state index contributed by atoms with van der Waals surface area (Å²) < 4.78 is 5.73. The number of nitrogens with zero attached hydrogens (tertiary/aromatic N) is 1. The van der Waals surface area contributed by atoms with Crippen LogP contribution in [-0.4, -0.2) is 16.9 Å². The van der Waals surface area contributed by atoms with Gasteiger partial charge in [0.15, 0.2) is 0 Å². The number of carbonyl (C=O) groups is 1. The molecule has 0 radical (unpaired) electrons. The van der Waals surface area contributed by atoms with Crippen LogP contribution in [0.4, 0.5) is 0 Å². The van der Waals surface area contributed by atoms with Crippen LogP contribution in [0.15, 0.2) is 35.2 Å². The molecule has 0 saturated heterocycles. The van der Waals surface area contributed by atoms with Crippen LogP contribution in [0.1, 0.15) is 61.0 Å². The first kappa shape index (κ1) is 17.0. The number of carbonyl (C=O) groups excluding carboxylic acids is 1. The average molecular weight is 344 g/mol. The van der Waals surface area contributed by atoms with Crippen LogP contribution in [0.2, 0.25) is 0 Å². The van der Waals surface area contributed by atoms with Gasteiger partial charge in [-0.05, 0) is 31.0 Å². The maximum absolute atomic E-state index is 12.5. The van der Waals surface area contributed by atoms with E-state index in [1.807, 2.05) is 29.6 Å². The highest BCUT2D eigenvalue weighted by Crippen LogP contribution is 2.19. The predicted octanol–water partition coefficient (Wildman–Crippen LogP) is 4.56. The topological polar surface area (TPSA) is 51.2 Å². The molecule has 0 bridgehead atoms. The summed E-state index contributed by atoms with van der Waals surface area (Å²) >= 11 is 1.55. The standard InChI is InChI=1S/C19H24N2O2S/c22-19(21-16-8-4-2-1-3-5-9-16)15-7-6-10-18(11-15)23-12-17-13-24-14-20-17/h6-7,10-11,13-14,16H,1-5,8-9,12H2,(H,21,22). The van der Waals surface area contributed by atoms with Crippen LogP contribution in [0.25, 0.3) is 0 Å². The Kier molecular flexibility index (Phi) is 6.24. The highest BCUT2D eigenvalue weighted by Gasteiger charge is 2.15. The maximum Gasteiger partial charge on any atom is 0.251 e. The minimum atomic E-state index is -0.000295. The van der Waals surface area contributed by atoms with Gasteiger partial charge in [0.1, 0.15) is 12.4 Å². The number of hydrogen-bond donors (Lipinski definition) is 1. The fourth-order valence-electron chi connectivity index (χ4n) is 3.06. The van der Waals surface area contributed by atoms with E-state index in [9.17, 15) is 4.79 Å². The summed E-state index contributed by atoms with van der Waals surface area (Å²) in [7, 11) is 0. The fraction of sp³-hybridized carbons (Fsp3) is 0.474. The van der Waals surface area contributed by atoms with Gasteiger partial charge in [0.25, 0.3) is 5.91 Å². The molecule has 1 saturated carbocycles.